The Morgan fingerprint density at radius 3 is 2.55 bits per heavy atom. The van der Waals surface area contributed by atoms with E-state index < -0.39 is 90.7 Å². The van der Waals surface area contributed by atoms with E-state index in [-0.39, 0.29) is 55.9 Å². The first-order chi connectivity index (χ1) is 27.5. The van der Waals surface area contributed by atoms with Crippen LogP contribution in [-0.4, -0.2) is 87.7 Å². The topological polar surface area (TPSA) is 125 Å². The van der Waals surface area contributed by atoms with Crippen LogP contribution in [0, 0.1) is 17.1 Å². The van der Waals surface area contributed by atoms with Gasteiger partial charge < -0.3 is 20.3 Å². The fraction of sp³-hybridized carbons (Fsp3) is 0.410. The molecule has 58 heavy (non-hydrogen) atoms. The summed E-state index contributed by atoms with van der Waals surface area (Å²) in [5.74, 6) is -1.62. The van der Waals surface area contributed by atoms with E-state index in [9.17, 15) is 14.4 Å². The Balaban J connectivity index is 1.36. The Morgan fingerprint density at radius 2 is 1.86 bits per heavy atom. The maximum absolute atomic E-state index is 15.8. The van der Waals surface area contributed by atoms with Crippen molar-refractivity contribution in [2.45, 2.75) is 62.7 Å². The molecule has 19 heteroatoms. The molecule has 3 saturated heterocycles. The number of thiophene rings is 1. The Morgan fingerprint density at radius 1 is 1.10 bits per heavy atom. The number of hydrogen-bond donors (Lipinski definition) is 1. The molecule has 3 aliphatic heterocycles. The molecule has 8 rings (SSSR count). The first kappa shape index (κ1) is 39.5. The van der Waals surface area contributed by atoms with Crippen LogP contribution in [0.25, 0.3) is 32.1 Å². The zero-order valence-electron chi connectivity index (χ0n) is 30.7. The van der Waals surface area contributed by atoms with Gasteiger partial charge in [0.25, 0.3) is 5.91 Å². The summed E-state index contributed by atoms with van der Waals surface area (Å²) < 4.78 is 129. The Bertz CT molecular complexity index is 2470. The Kier molecular flexibility index (Phi) is 9.86. The summed E-state index contributed by atoms with van der Waals surface area (Å²) in [6.45, 7) is 2.52. The zero-order chi connectivity index (χ0) is 41.3. The van der Waals surface area contributed by atoms with Crippen molar-refractivity contribution in [3.05, 3.63) is 70.8 Å². The number of anilines is 2. The number of carbonyl (C=O) groups is 1. The summed E-state index contributed by atoms with van der Waals surface area (Å²) >= 11 is 0.525. The number of halogens is 8. The summed E-state index contributed by atoms with van der Waals surface area (Å²) in [6, 6.07) is 5.61. The molecule has 0 saturated carbocycles. The number of alkyl halides is 7. The molecule has 3 aromatic heterocycles. The molecule has 0 aliphatic carbocycles. The van der Waals surface area contributed by atoms with Gasteiger partial charge in [-0.3, -0.25) is 14.7 Å². The molecule has 304 valence electrons. The highest BCUT2D eigenvalue weighted by Crippen LogP contribution is 2.52. The van der Waals surface area contributed by atoms with Gasteiger partial charge in [-0.15, -0.1) is 11.3 Å². The molecule has 0 bridgehead atoms. The number of rotatable bonds is 8. The third-order valence-corrected chi connectivity index (χ3v) is 12.4. The van der Waals surface area contributed by atoms with Crippen molar-refractivity contribution in [3.63, 3.8) is 0 Å². The predicted molar refractivity (Wildman–Crippen MR) is 200 cm³/mol. The van der Waals surface area contributed by atoms with Crippen molar-refractivity contribution in [1.29, 1.82) is 5.26 Å². The monoisotopic (exact) mass is 830 g/mol. The summed E-state index contributed by atoms with van der Waals surface area (Å²) in [5.41, 5.74) is -1.55. The normalized spacial score (nSPS) is 21.2. The van der Waals surface area contributed by atoms with Crippen molar-refractivity contribution >= 4 is 49.1 Å². The number of nitrogens with two attached hydrogens (primary N) is 1. The van der Waals surface area contributed by atoms with Crippen LogP contribution < -0.4 is 15.4 Å². The molecule has 0 radical (unpaired) electrons. The summed E-state index contributed by atoms with van der Waals surface area (Å²) in [7, 11) is 0. The number of hydrogen-bond acceptors (Lipinski definition) is 10. The van der Waals surface area contributed by atoms with Gasteiger partial charge in [-0.2, -0.15) is 41.6 Å². The lowest BCUT2D eigenvalue weighted by Gasteiger charge is -2.32. The molecule has 6 heterocycles. The van der Waals surface area contributed by atoms with Crippen LogP contribution in [0.5, 0.6) is 6.01 Å². The number of carbonyl (C=O) groups excluding carboxylic acids is 1. The number of aromatic nitrogens is 3. The van der Waals surface area contributed by atoms with Crippen LogP contribution in [-0.2, 0) is 12.4 Å². The molecule has 5 aromatic rings. The van der Waals surface area contributed by atoms with Crippen molar-refractivity contribution in [2.75, 3.05) is 50.0 Å². The van der Waals surface area contributed by atoms with Crippen LogP contribution in [0.4, 0.5) is 45.9 Å². The molecular formula is C39H34F8N8O2S. The average molecular weight is 831 g/mol. The highest BCUT2D eigenvalue weighted by atomic mass is 32.1. The van der Waals surface area contributed by atoms with E-state index in [0.29, 0.717) is 42.4 Å². The van der Waals surface area contributed by atoms with Crippen LogP contribution in [0.3, 0.4) is 0 Å². The first-order valence-electron chi connectivity index (χ1n) is 18.5. The van der Waals surface area contributed by atoms with Crippen LogP contribution in [0.2, 0.25) is 0 Å². The van der Waals surface area contributed by atoms with Crippen molar-refractivity contribution in [2.24, 2.45) is 0 Å². The smallest absolute Gasteiger partial charge is 0.419 e. The van der Waals surface area contributed by atoms with E-state index in [4.69, 9.17) is 10.5 Å². The van der Waals surface area contributed by atoms with Gasteiger partial charge in [0.15, 0.2) is 0 Å². The molecule has 2 N–H and O–H groups in total. The standard InChI is InChI=1S/C39H34F8N8O2S/c1-2-55(22-8-13-53(18-22)35(56)20-6-10-50-11-7-20)34-24-14-26(38(42,43)44)29(23-4-5-27(41)32-28(23)25(16-48)33(49)58-32)30(39(45,46)47)31(24)51-36(52-34)57-19-37-9-3-12-54(37)17-21(40)15-37/h4-7,10-11,14,21-22H,2-3,8-9,12-13,15,17-19,49H2,1H3/t21-,22+,37+/m1/s1. The highest BCUT2D eigenvalue weighted by molar-refractivity contribution is 7.23. The van der Waals surface area contributed by atoms with Gasteiger partial charge in [-0.25, -0.2) is 8.78 Å². The van der Waals surface area contributed by atoms with Crippen LogP contribution in [0.15, 0.2) is 42.7 Å². The Hall–Kier alpha value is -5.35. The van der Waals surface area contributed by atoms with Gasteiger partial charge in [-0.05, 0) is 62.6 Å². The maximum atomic E-state index is 15.8. The van der Waals surface area contributed by atoms with Gasteiger partial charge in [0.2, 0.25) is 0 Å². The molecule has 3 atom stereocenters. The molecule has 10 nitrogen and oxygen atoms in total. The second-order valence-corrected chi connectivity index (χ2v) is 15.8. The predicted octanol–water partition coefficient (Wildman–Crippen LogP) is 8.23. The molecule has 1 amide bonds. The molecule has 0 unspecified atom stereocenters. The Labute approximate surface area is 329 Å². The minimum atomic E-state index is -5.53. The van der Waals surface area contributed by atoms with Crippen LogP contribution in [0.1, 0.15) is 59.7 Å². The van der Waals surface area contributed by atoms with Gasteiger partial charge in [0, 0.05) is 72.9 Å². The zero-order valence-corrected chi connectivity index (χ0v) is 31.5. The van der Waals surface area contributed by atoms with Crippen molar-refractivity contribution < 1.29 is 44.7 Å². The number of likely N-dealkylation sites (tertiary alicyclic amines) is 1. The second-order valence-electron chi connectivity index (χ2n) is 14.7. The maximum Gasteiger partial charge on any atom is 0.419 e. The van der Waals surface area contributed by atoms with E-state index in [1.54, 1.807) is 13.0 Å². The fourth-order valence-corrected chi connectivity index (χ4v) is 9.84. The molecule has 3 aliphatic rings. The number of pyridine rings is 1. The summed E-state index contributed by atoms with van der Waals surface area (Å²) in [5, 5.41) is 8.52. The SMILES string of the molecule is CCN(c1nc(OC[C@@]23CCCN2C[C@H](F)C3)nc2c(C(F)(F)F)c(-c3ccc(F)c4sc(N)c(C#N)c34)c(C(F)(F)F)cc12)[C@H]1CCN(C(=O)c2ccncc2)C1. The highest BCUT2D eigenvalue weighted by Gasteiger charge is 2.50. The number of benzene rings is 2. The van der Waals surface area contributed by atoms with Crippen LogP contribution >= 0.6 is 11.3 Å². The minimum absolute atomic E-state index is 0.0392. The van der Waals surface area contributed by atoms with Gasteiger partial charge in [0.1, 0.15) is 35.5 Å². The lowest BCUT2D eigenvalue weighted by molar-refractivity contribution is -0.141. The molecule has 2 aromatic carbocycles. The molecular weight excluding hydrogens is 797 g/mol. The first-order valence-corrected chi connectivity index (χ1v) is 19.3. The number of nitrogens with zero attached hydrogens (tertiary/aromatic N) is 7. The van der Waals surface area contributed by atoms with E-state index in [1.165, 1.54) is 34.3 Å². The third kappa shape index (κ3) is 6.69. The van der Waals surface area contributed by atoms with Gasteiger partial charge in [0.05, 0.1) is 32.4 Å². The lowest BCUT2D eigenvalue weighted by Crippen LogP contribution is -2.43. The van der Waals surface area contributed by atoms with E-state index in [0.717, 1.165) is 18.6 Å². The van der Waals surface area contributed by atoms with Crippen molar-refractivity contribution in [1.82, 2.24) is 24.8 Å². The number of fused-ring (bicyclic) bond motifs is 3. The number of nitrogen functional groups attached to an aromatic ring is 1. The quantitative estimate of drug-likeness (QED) is 0.154. The minimum Gasteiger partial charge on any atom is -0.461 e. The second kappa shape index (κ2) is 14.5. The number of likely N-dealkylation sites (N-methyl/N-ethyl adjacent to an activating group) is 1. The lowest BCUT2D eigenvalue weighted by atomic mass is 9.88. The summed E-state index contributed by atoms with van der Waals surface area (Å²) in [4.78, 5) is 31.0. The van der Waals surface area contributed by atoms with Crippen molar-refractivity contribution in [3.8, 4) is 23.2 Å². The van der Waals surface area contributed by atoms with Gasteiger partial charge in [-0.1, -0.05) is 6.07 Å². The van der Waals surface area contributed by atoms with E-state index in [1.807, 2.05) is 4.90 Å². The number of nitriles is 1. The third-order valence-electron chi connectivity index (χ3n) is 11.4. The summed E-state index contributed by atoms with van der Waals surface area (Å²) in [6.07, 6.45) is -7.55. The fourth-order valence-electron chi connectivity index (χ4n) is 8.89. The molecule has 3 fully saturated rings. The van der Waals surface area contributed by atoms with E-state index >= 15 is 30.7 Å². The average Bonchev–Trinajstić information content (AvgIpc) is 3.96. The largest absolute Gasteiger partial charge is 0.461 e. The van der Waals surface area contributed by atoms with E-state index in [2.05, 4.69) is 15.0 Å². The number of ether oxygens (including phenoxy) is 1. The number of amides is 1. The van der Waals surface area contributed by atoms with Gasteiger partial charge >= 0.3 is 18.4 Å². The molecule has 0 spiro atoms.